The standard InChI is InChI=1S/C16H34N4O2/c1-8-10-13(20-15(21)22-16(4,5)6)11-18-14(17-7)19-12(3)9-2/h12-13H,8-11H2,1-7H3,(H,20,21)(H2,17,18,19). The van der Waals surface area contributed by atoms with E-state index in [0.29, 0.717) is 12.6 Å². The van der Waals surface area contributed by atoms with E-state index in [1.54, 1.807) is 7.05 Å². The fourth-order valence-corrected chi connectivity index (χ4v) is 1.80. The van der Waals surface area contributed by atoms with Crippen molar-refractivity contribution in [3.05, 3.63) is 0 Å². The molecule has 0 fully saturated rings. The summed E-state index contributed by atoms with van der Waals surface area (Å²) in [6.45, 7) is 12.5. The Morgan fingerprint density at radius 3 is 2.32 bits per heavy atom. The van der Waals surface area contributed by atoms with E-state index in [1.165, 1.54) is 0 Å². The van der Waals surface area contributed by atoms with Gasteiger partial charge in [0.15, 0.2) is 5.96 Å². The lowest BCUT2D eigenvalue weighted by Gasteiger charge is -2.24. The first-order valence-corrected chi connectivity index (χ1v) is 8.18. The predicted molar refractivity (Wildman–Crippen MR) is 92.3 cm³/mol. The van der Waals surface area contributed by atoms with Crippen molar-refractivity contribution in [2.75, 3.05) is 13.6 Å². The van der Waals surface area contributed by atoms with Gasteiger partial charge < -0.3 is 20.7 Å². The molecule has 0 bridgehead atoms. The fraction of sp³-hybridized carbons (Fsp3) is 0.875. The molecular formula is C16H34N4O2. The lowest BCUT2D eigenvalue weighted by Crippen LogP contribution is -2.49. The SMILES string of the molecule is CCCC(CNC(=NC)NC(C)CC)NC(=O)OC(C)(C)C. The summed E-state index contributed by atoms with van der Waals surface area (Å²) in [5, 5.41) is 9.47. The van der Waals surface area contributed by atoms with Gasteiger partial charge in [-0.15, -0.1) is 0 Å². The van der Waals surface area contributed by atoms with Crippen LogP contribution in [0.5, 0.6) is 0 Å². The van der Waals surface area contributed by atoms with Crippen molar-refractivity contribution in [3.63, 3.8) is 0 Å². The van der Waals surface area contributed by atoms with Gasteiger partial charge >= 0.3 is 6.09 Å². The molecule has 6 nitrogen and oxygen atoms in total. The van der Waals surface area contributed by atoms with Gasteiger partial charge in [-0.3, -0.25) is 4.99 Å². The highest BCUT2D eigenvalue weighted by atomic mass is 16.6. The van der Waals surface area contributed by atoms with Gasteiger partial charge in [-0.1, -0.05) is 20.3 Å². The van der Waals surface area contributed by atoms with Crippen LogP contribution in [0.3, 0.4) is 0 Å². The number of hydrogen-bond donors (Lipinski definition) is 3. The van der Waals surface area contributed by atoms with Crippen LogP contribution in [0, 0.1) is 0 Å². The maximum atomic E-state index is 11.9. The van der Waals surface area contributed by atoms with Crippen molar-refractivity contribution in [2.24, 2.45) is 4.99 Å². The van der Waals surface area contributed by atoms with Crippen molar-refractivity contribution >= 4 is 12.1 Å². The fourth-order valence-electron chi connectivity index (χ4n) is 1.80. The number of nitrogens with one attached hydrogen (secondary N) is 3. The number of guanidine groups is 1. The highest BCUT2D eigenvalue weighted by molar-refractivity contribution is 5.80. The van der Waals surface area contributed by atoms with E-state index in [2.05, 4.69) is 41.7 Å². The second-order valence-electron chi connectivity index (χ2n) is 6.54. The highest BCUT2D eigenvalue weighted by Gasteiger charge is 2.19. The predicted octanol–water partition coefficient (Wildman–Crippen LogP) is 2.64. The monoisotopic (exact) mass is 314 g/mol. The Hall–Kier alpha value is -1.46. The molecule has 0 aromatic carbocycles. The van der Waals surface area contributed by atoms with Gasteiger partial charge in [-0.25, -0.2) is 4.79 Å². The first-order chi connectivity index (χ1) is 10.2. The van der Waals surface area contributed by atoms with Crippen LogP contribution in [0.15, 0.2) is 4.99 Å². The minimum atomic E-state index is -0.484. The maximum absolute atomic E-state index is 11.9. The van der Waals surface area contributed by atoms with Crippen LogP contribution in [0.4, 0.5) is 4.79 Å². The molecule has 6 heteroatoms. The van der Waals surface area contributed by atoms with Crippen LogP contribution >= 0.6 is 0 Å². The quantitative estimate of drug-likeness (QED) is 0.499. The minimum absolute atomic E-state index is 0.00957. The van der Waals surface area contributed by atoms with E-state index >= 15 is 0 Å². The summed E-state index contributed by atoms with van der Waals surface area (Å²) >= 11 is 0. The van der Waals surface area contributed by atoms with Gasteiger partial charge in [-0.05, 0) is 40.5 Å². The zero-order valence-corrected chi connectivity index (χ0v) is 15.2. The number of ether oxygens (including phenoxy) is 1. The van der Waals surface area contributed by atoms with Crippen LogP contribution in [0.1, 0.15) is 60.8 Å². The largest absolute Gasteiger partial charge is 0.444 e. The second-order valence-corrected chi connectivity index (χ2v) is 6.54. The third-order valence-corrected chi connectivity index (χ3v) is 3.09. The number of nitrogens with zero attached hydrogens (tertiary/aromatic N) is 1. The van der Waals surface area contributed by atoms with E-state index in [1.807, 2.05) is 20.8 Å². The van der Waals surface area contributed by atoms with Gasteiger partial charge in [0.05, 0.1) is 0 Å². The van der Waals surface area contributed by atoms with Crippen molar-refractivity contribution in [1.82, 2.24) is 16.0 Å². The maximum Gasteiger partial charge on any atom is 0.407 e. The van der Waals surface area contributed by atoms with E-state index in [0.717, 1.165) is 25.2 Å². The van der Waals surface area contributed by atoms with Crippen LogP contribution in [0.2, 0.25) is 0 Å². The number of amides is 1. The Labute approximate surface area is 135 Å². The molecule has 22 heavy (non-hydrogen) atoms. The average molecular weight is 314 g/mol. The molecule has 2 unspecified atom stereocenters. The molecular weight excluding hydrogens is 280 g/mol. The van der Waals surface area contributed by atoms with Crippen molar-refractivity contribution in [3.8, 4) is 0 Å². The summed E-state index contributed by atoms with van der Waals surface area (Å²) in [5.74, 6) is 0.751. The molecule has 130 valence electrons. The summed E-state index contributed by atoms with van der Waals surface area (Å²) < 4.78 is 5.31. The third-order valence-electron chi connectivity index (χ3n) is 3.09. The number of carbonyl (C=O) groups is 1. The van der Waals surface area contributed by atoms with Crippen LogP contribution < -0.4 is 16.0 Å². The summed E-state index contributed by atoms with van der Waals surface area (Å²) in [6, 6.07) is 0.366. The second kappa shape index (κ2) is 10.3. The number of carbonyl (C=O) groups excluding carboxylic acids is 1. The summed E-state index contributed by atoms with van der Waals surface area (Å²) in [4.78, 5) is 16.1. The Morgan fingerprint density at radius 2 is 1.86 bits per heavy atom. The summed E-state index contributed by atoms with van der Waals surface area (Å²) in [5.41, 5.74) is -0.484. The van der Waals surface area contributed by atoms with Crippen LogP contribution in [-0.4, -0.2) is 43.3 Å². The van der Waals surface area contributed by atoms with Gasteiger partial charge in [0, 0.05) is 25.7 Å². The van der Waals surface area contributed by atoms with Crippen molar-refractivity contribution in [1.29, 1.82) is 0 Å². The molecule has 0 aromatic rings. The van der Waals surface area contributed by atoms with E-state index in [4.69, 9.17) is 4.74 Å². The Balaban J connectivity index is 4.42. The first-order valence-electron chi connectivity index (χ1n) is 8.18. The third kappa shape index (κ3) is 10.3. The summed E-state index contributed by atoms with van der Waals surface area (Å²) in [7, 11) is 1.74. The first kappa shape index (κ1) is 20.5. The Morgan fingerprint density at radius 1 is 1.23 bits per heavy atom. The lowest BCUT2D eigenvalue weighted by molar-refractivity contribution is 0.0502. The molecule has 0 spiro atoms. The molecule has 0 aromatic heterocycles. The highest BCUT2D eigenvalue weighted by Crippen LogP contribution is 2.07. The van der Waals surface area contributed by atoms with Gasteiger partial charge in [-0.2, -0.15) is 0 Å². The number of rotatable bonds is 7. The Kier molecular flexibility index (Phi) is 9.61. The molecule has 0 saturated carbocycles. The van der Waals surface area contributed by atoms with Gasteiger partial charge in [0.25, 0.3) is 0 Å². The smallest absolute Gasteiger partial charge is 0.407 e. The number of aliphatic imine (C=N–C) groups is 1. The van der Waals surface area contributed by atoms with Crippen LogP contribution in [-0.2, 0) is 4.74 Å². The molecule has 0 aliphatic heterocycles. The number of alkyl carbamates (subject to hydrolysis) is 1. The van der Waals surface area contributed by atoms with Crippen molar-refractivity contribution < 1.29 is 9.53 Å². The molecule has 0 aliphatic rings. The molecule has 0 aliphatic carbocycles. The Bertz CT molecular complexity index is 351. The topological polar surface area (TPSA) is 74.8 Å². The van der Waals surface area contributed by atoms with Crippen molar-refractivity contribution in [2.45, 2.75) is 78.5 Å². The molecule has 0 heterocycles. The average Bonchev–Trinajstić information content (AvgIpc) is 2.40. The molecule has 0 rings (SSSR count). The molecule has 0 saturated heterocycles. The zero-order valence-electron chi connectivity index (χ0n) is 15.2. The van der Waals surface area contributed by atoms with Gasteiger partial charge in [0.1, 0.15) is 5.60 Å². The minimum Gasteiger partial charge on any atom is -0.444 e. The molecule has 1 amide bonds. The molecule has 0 radical (unpaired) electrons. The van der Waals surface area contributed by atoms with E-state index in [9.17, 15) is 4.79 Å². The van der Waals surface area contributed by atoms with E-state index in [-0.39, 0.29) is 12.1 Å². The van der Waals surface area contributed by atoms with Gasteiger partial charge in [0.2, 0.25) is 0 Å². The normalized spacial score (nSPS) is 15.0. The zero-order chi connectivity index (χ0) is 17.2. The molecule has 3 N–H and O–H groups in total. The number of hydrogen-bond acceptors (Lipinski definition) is 3. The lowest BCUT2D eigenvalue weighted by atomic mass is 10.1. The van der Waals surface area contributed by atoms with E-state index < -0.39 is 5.60 Å². The summed E-state index contributed by atoms with van der Waals surface area (Å²) in [6.07, 6.45) is 2.51. The molecule has 2 atom stereocenters. The van der Waals surface area contributed by atoms with Crippen LogP contribution in [0.25, 0.3) is 0 Å².